The lowest BCUT2D eigenvalue weighted by atomic mass is 9.99. The van der Waals surface area contributed by atoms with E-state index in [1.807, 2.05) is 0 Å². The van der Waals surface area contributed by atoms with Gasteiger partial charge in [0.05, 0.1) is 25.4 Å². The molecule has 0 aliphatic carbocycles. The van der Waals surface area contributed by atoms with Gasteiger partial charge >= 0.3 is 10.4 Å². The molecule has 1 fully saturated rings. The molecule has 1 heterocycles. The molecule has 7 atom stereocenters. The zero-order valence-corrected chi connectivity index (χ0v) is 48.0. The Bertz CT molecular complexity index is 1340. The maximum Gasteiger partial charge on any atom is 0.397 e. The van der Waals surface area contributed by atoms with Crippen molar-refractivity contribution in [3.8, 4) is 0 Å². The Kier molecular flexibility index (Phi) is 48.2. The highest BCUT2D eigenvalue weighted by atomic mass is 32.3. The number of allylic oxidation sites excluding steroid dienone is 2. The second kappa shape index (κ2) is 50.4. The van der Waals surface area contributed by atoms with Gasteiger partial charge in [-0.15, -0.1) is 0 Å². The lowest BCUT2D eigenvalue weighted by molar-refractivity contribution is -0.298. The molecule has 0 bridgehead atoms. The number of amides is 1. The van der Waals surface area contributed by atoms with Crippen molar-refractivity contribution in [2.24, 2.45) is 0 Å². The third kappa shape index (κ3) is 42.5. The van der Waals surface area contributed by atoms with Crippen molar-refractivity contribution in [1.82, 2.24) is 5.32 Å². The van der Waals surface area contributed by atoms with Crippen LogP contribution in [-0.4, -0.2) is 95.4 Å². The molecule has 1 aliphatic heterocycles. The minimum absolute atomic E-state index is 0.224. The van der Waals surface area contributed by atoms with Crippen molar-refractivity contribution < 1.29 is 51.8 Å². The van der Waals surface area contributed by atoms with E-state index in [1.165, 1.54) is 231 Å². The van der Waals surface area contributed by atoms with Gasteiger partial charge in [0.2, 0.25) is 5.91 Å². The first-order valence-electron chi connectivity index (χ1n) is 31.1. The summed E-state index contributed by atoms with van der Waals surface area (Å²) >= 11 is 0. The predicted octanol–water partition coefficient (Wildman–Crippen LogP) is 15.0. The molecule has 12 nitrogen and oxygen atoms in total. The third-order valence-corrected chi connectivity index (χ3v) is 15.5. The standard InChI is InChI=1S/C60H117NO11S/c1-3-5-7-9-11-13-15-17-19-21-23-24-25-26-27-28-29-30-31-32-34-36-38-40-42-44-46-48-50-56(64)61-53(52-70-60-58(66)59(72-73(67,68)69)57(65)55(51-62)71-60)54(63)49-47-45-43-41-39-37-35-33-22-20-18-16-14-12-10-8-6-4-2/h26-27,53-55,57-60,62-63,65-66H,3-25,28-52H2,1-2H3,(H,61,64)(H,67,68,69)/b27-26-. The number of ether oxygens (including phenoxy) is 2. The highest BCUT2D eigenvalue weighted by molar-refractivity contribution is 7.80. The molecular formula is C60H117NO11S. The van der Waals surface area contributed by atoms with Gasteiger partial charge in [0.15, 0.2) is 6.29 Å². The monoisotopic (exact) mass is 1060 g/mol. The molecule has 0 aromatic rings. The first-order chi connectivity index (χ1) is 35.5. The van der Waals surface area contributed by atoms with Crippen LogP contribution in [0.25, 0.3) is 0 Å². The summed E-state index contributed by atoms with van der Waals surface area (Å²) in [6.45, 7) is 3.50. The van der Waals surface area contributed by atoms with Gasteiger partial charge in [-0.25, -0.2) is 4.18 Å². The van der Waals surface area contributed by atoms with E-state index in [4.69, 9.17) is 9.47 Å². The average Bonchev–Trinajstić information content (AvgIpc) is 3.37. The Morgan fingerprint density at radius 1 is 0.534 bits per heavy atom. The highest BCUT2D eigenvalue weighted by Crippen LogP contribution is 2.26. The molecule has 13 heteroatoms. The molecule has 0 saturated carbocycles. The number of hydrogen-bond donors (Lipinski definition) is 6. The summed E-state index contributed by atoms with van der Waals surface area (Å²) in [6, 6.07) is -0.856. The van der Waals surface area contributed by atoms with Crippen LogP contribution in [0.4, 0.5) is 0 Å². The highest BCUT2D eigenvalue weighted by Gasteiger charge is 2.48. The fraction of sp³-hybridized carbons (Fsp3) is 0.950. The number of unbranched alkanes of at least 4 members (excludes halogenated alkanes) is 41. The second-order valence-corrected chi connectivity index (χ2v) is 23.0. The van der Waals surface area contributed by atoms with E-state index in [2.05, 4.69) is 35.5 Å². The molecule has 0 aromatic heterocycles. The van der Waals surface area contributed by atoms with Crippen LogP contribution in [-0.2, 0) is 28.9 Å². The smallest absolute Gasteiger partial charge is 0.394 e. The lowest BCUT2D eigenvalue weighted by Crippen LogP contribution is -2.61. The number of carbonyl (C=O) groups is 1. The molecule has 1 aliphatic rings. The number of aliphatic hydroxyl groups excluding tert-OH is 4. The quantitative estimate of drug-likeness (QED) is 0.0193. The van der Waals surface area contributed by atoms with E-state index in [0.29, 0.717) is 12.8 Å². The summed E-state index contributed by atoms with van der Waals surface area (Å²) in [5.41, 5.74) is 0. The largest absolute Gasteiger partial charge is 0.397 e. The molecule has 434 valence electrons. The molecule has 1 rings (SSSR count). The summed E-state index contributed by atoms with van der Waals surface area (Å²) in [6.07, 6.45) is 52.3. The molecule has 0 aromatic carbocycles. The van der Waals surface area contributed by atoms with Gasteiger partial charge in [-0.1, -0.05) is 276 Å². The third-order valence-electron chi connectivity index (χ3n) is 15.1. The fourth-order valence-electron chi connectivity index (χ4n) is 10.3. The minimum Gasteiger partial charge on any atom is -0.394 e. The van der Waals surface area contributed by atoms with E-state index in [0.717, 1.165) is 51.4 Å². The number of hydrogen-bond acceptors (Lipinski definition) is 10. The van der Waals surface area contributed by atoms with Crippen LogP contribution in [0.5, 0.6) is 0 Å². The van der Waals surface area contributed by atoms with E-state index >= 15 is 0 Å². The first kappa shape index (κ1) is 69.9. The summed E-state index contributed by atoms with van der Waals surface area (Å²) in [7, 11) is -5.08. The Morgan fingerprint density at radius 3 is 1.23 bits per heavy atom. The van der Waals surface area contributed by atoms with Gasteiger partial charge in [0, 0.05) is 6.42 Å². The first-order valence-corrected chi connectivity index (χ1v) is 32.4. The number of carbonyl (C=O) groups excluding carboxylic acids is 1. The summed E-state index contributed by atoms with van der Waals surface area (Å²) in [5, 5.41) is 45.2. The molecule has 1 saturated heterocycles. The summed E-state index contributed by atoms with van der Waals surface area (Å²) in [4.78, 5) is 13.2. The van der Waals surface area contributed by atoms with Crippen LogP contribution in [0.3, 0.4) is 0 Å². The Labute approximate surface area is 449 Å². The van der Waals surface area contributed by atoms with Gasteiger partial charge in [0.1, 0.15) is 24.4 Å². The van der Waals surface area contributed by atoms with Gasteiger partial charge in [-0.3, -0.25) is 9.35 Å². The maximum atomic E-state index is 13.2. The van der Waals surface area contributed by atoms with Crippen molar-refractivity contribution in [2.75, 3.05) is 13.2 Å². The number of nitrogens with one attached hydrogen (secondary N) is 1. The van der Waals surface area contributed by atoms with Gasteiger partial charge in [-0.05, 0) is 38.5 Å². The lowest BCUT2D eigenvalue weighted by Gasteiger charge is -2.41. The molecule has 0 radical (unpaired) electrons. The SMILES string of the molecule is CCCCCCCCCCCCCC/C=C\CCCCCCCCCCCCCCC(=O)NC(COC1OC(CO)C(O)C(OS(=O)(=O)O)C1O)C(O)CCCCCCCCCCCCCCCCCCCC. The topological polar surface area (TPSA) is 192 Å². The minimum atomic E-state index is -5.08. The van der Waals surface area contributed by atoms with Gasteiger partial charge < -0.3 is 35.2 Å². The van der Waals surface area contributed by atoms with Crippen LogP contribution in [0.2, 0.25) is 0 Å². The maximum absolute atomic E-state index is 13.2. The summed E-state index contributed by atoms with van der Waals surface area (Å²) in [5.74, 6) is -0.224. The fourth-order valence-corrected chi connectivity index (χ4v) is 10.8. The van der Waals surface area contributed by atoms with Crippen molar-refractivity contribution in [1.29, 1.82) is 0 Å². The van der Waals surface area contributed by atoms with Crippen molar-refractivity contribution >= 4 is 16.3 Å². The molecule has 7 unspecified atom stereocenters. The van der Waals surface area contributed by atoms with E-state index in [9.17, 15) is 38.2 Å². The summed E-state index contributed by atoms with van der Waals surface area (Å²) < 4.78 is 48.0. The Morgan fingerprint density at radius 2 is 0.877 bits per heavy atom. The van der Waals surface area contributed by atoms with Crippen LogP contribution in [0.15, 0.2) is 12.2 Å². The molecule has 0 spiro atoms. The molecule has 6 N–H and O–H groups in total. The van der Waals surface area contributed by atoms with Crippen LogP contribution in [0, 0.1) is 0 Å². The van der Waals surface area contributed by atoms with E-state index in [-0.39, 0.29) is 12.5 Å². The van der Waals surface area contributed by atoms with Crippen LogP contribution in [0.1, 0.15) is 309 Å². The van der Waals surface area contributed by atoms with Crippen molar-refractivity contribution in [3.05, 3.63) is 12.2 Å². The molecule has 1 amide bonds. The second-order valence-electron chi connectivity index (χ2n) is 22.0. The molecular weight excluding hydrogens is 943 g/mol. The average molecular weight is 1060 g/mol. The number of aliphatic hydroxyl groups is 4. The normalized spacial score (nSPS) is 19.2. The van der Waals surface area contributed by atoms with Crippen LogP contribution < -0.4 is 5.32 Å². The van der Waals surface area contributed by atoms with Crippen molar-refractivity contribution in [3.63, 3.8) is 0 Å². The van der Waals surface area contributed by atoms with Gasteiger partial charge in [0.25, 0.3) is 0 Å². The zero-order chi connectivity index (χ0) is 53.3. The Hall–Kier alpha value is -1.16. The van der Waals surface area contributed by atoms with Gasteiger partial charge in [-0.2, -0.15) is 8.42 Å². The van der Waals surface area contributed by atoms with E-state index < -0.39 is 59.9 Å². The zero-order valence-electron chi connectivity index (χ0n) is 47.2. The van der Waals surface area contributed by atoms with Crippen molar-refractivity contribution in [2.45, 2.75) is 352 Å². The number of rotatable bonds is 55. The molecule has 73 heavy (non-hydrogen) atoms. The van der Waals surface area contributed by atoms with E-state index in [1.54, 1.807) is 0 Å². The van der Waals surface area contributed by atoms with Crippen LogP contribution >= 0.6 is 0 Å². The Balaban J connectivity index is 2.28. The predicted molar refractivity (Wildman–Crippen MR) is 301 cm³/mol.